The van der Waals surface area contributed by atoms with Gasteiger partial charge in [0, 0.05) is 0 Å². The zero-order valence-electron chi connectivity index (χ0n) is 14.9. The van der Waals surface area contributed by atoms with Gasteiger partial charge < -0.3 is 20.5 Å². The van der Waals surface area contributed by atoms with Crippen LogP contribution < -0.4 is 11.1 Å². The van der Waals surface area contributed by atoms with E-state index in [9.17, 15) is 14.4 Å². The molecule has 0 aromatic heterocycles. The van der Waals surface area contributed by atoms with Crippen LogP contribution in [0.5, 0.6) is 0 Å². The Bertz CT molecular complexity index is 658. The topological polar surface area (TPSA) is 120 Å². The molecule has 9 heteroatoms. The fourth-order valence-electron chi connectivity index (χ4n) is 2.32. The fourth-order valence-corrected chi connectivity index (χ4v) is 2.32. The first kappa shape index (κ1) is 19.5. The van der Waals surface area contributed by atoms with Crippen molar-refractivity contribution in [2.75, 3.05) is 6.61 Å². The third kappa shape index (κ3) is 5.35. The van der Waals surface area contributed by atoms with E-state index < -0.39 is 35.8 Å². The number of hydroxylamine groups is 2. The Morgan fingerprint density at radius 1 is 1.23 bits per heavy atom. The lowest BCUT2D eigenvalue weighted by Gasteiger charge is -2.44. The molecule has 1 saturated heterocycles. The van der Waals surface area contributed by atoms with Crippen molar-refractivity contribution in [2.45, 2.75) is 45.1 Å². The van der Waals surface area contributed by atoms with Gasteiger partial charge in [0.25, 0.3) is 5.91 Å². The predicted octanol–water partition coefficient (Wildman–Crippen LogP) is 1.32. The van der Waals surface area contributed by atoms with Crippen molar-refractivity contribution < 1.29 is 28.7 Å². The first-order chi connectivity index (χ1) is 12.2. The van der Waals surface area contributed by atoms with Crippen LogP contribution in [0.1, 0.15) is 26.3 Å². The number of benzene rings is 1. The molecule has 26 heavy (non-hydrogen) atoms. The normalized spacial score (nSPS) is 19.5. The van der Waals surface area contributed by atoms with E-state index >= 15 is 0 Å². The molecule has 0 unspecified atom stereocenters. The van der Waals surface area contributed by atoms with E-state index in [4.69, 9.17) is 20.0 Å². The van der Waals surface area contributed by atoms with Gasteiger partial charge in [-0.15, -0.1) is 0 Å². The summed E-state index contributed by atoms with van der Waals surface area (Å²) in [4.78, 5) is 40.6. The number of carbonyl (C=O) groups is 3. The second-order valence-electron chi connectivity index (χ2n) is 6.74. The van der Waals surface area contributed by atoms with Crippen molar-refractivity contribution in [1.82, 2.24) is 10.4 Å². The minimum absolute atomic E-state index is 0.152. The summed E-state index contributed by atoms with van der Waals surface area (Å²) >= 11 is 0. The molecule has 0 saturated carbocycles. The van der Waals surface area contributed by atoms with Gasteiger partial charge in [0.15, 0.2) is 0 Å². The summed E-state index contributed by atoms with van der Waals surface area (Å²) in [5.41, 5.74) is 5.13. The molecule has 0 aliphatic carbocycles. The highest BCUT2D eigenvalue weighted by Crippen LogP contribution is 2.23. The van der Waals surface area contributed by atoms with E-state index in [1.165, 1.54) is 0 Å². The van der Waals surface area contributed by atoms with E-state index in [1.54, 1.807) is 20.8 Å². The fraction of sp³-hybridized carbons (Fsp3) is 0.471. The van der Waals surface area contributed by atoms with Gasteiger partial charge in [0.05, 0.1) is 0 Å². The van der Waals surface area contributed by atoms with Crippen molar-refractivity contribution in [3.8, 4) is 0 Å². The van der Waals surface area contributed by atoms with Crippen LogP contribution in [0.3, 0.4) is 0 Å². The first-order valence-electron chi connectivity index (χ1n) is 8.09. The number of nitrogens with zero attached hydrogens (tertiary/aromatic N) is 1. The van der Waals surface area contributed by atoms with E-state index in [1.807, 2.05) is 30.3 Å². The lowest BCUT2D eigenvalue weighted by Crippen LogP contribution is -2.72. The predicted molar refractivity (Wildman–Crippen MR) is 90.6 cm³/mol. The van der Waals surface area contributed by atoms with E-state index in [-0.39, 0.29) is 13.2 Å². The summed E-state index contributed by atoms with van der Waals surface area (Å²) < 4.78 is 9.90. The number of nitrogens with one attached hydrogen (secondary N) is 1. The summed E-state index contributed by atoms with van der Waals surface area (Å²) in [6.07, 6.45) is -1.73. The zero-order chi connectivity index (χ0) is 19.3. The number of amides is 3. The Kier molecular flexibility index (Phi) is 6.04. The second kappa shape index (κ2) is 8.05. The maximum absolute atomic E-state index is 12.3. The van der Waals surface area contributed by atoms with Crippen LogP contribution in [0.4, 0.5) is 9.59 Å². The van der Waals surface area contributed by atoms with Crippen LogP contribution in [-0.2, 0) is 25.7 Å². The lowest BCUT2D eigenvalue weighted by atomic mass is 9.99. The number of primary amides is 1. The van der Waals surface area contributed by atoms with E-state index in [0.717, 1.165) is 10.6 Å². The molecule has 0 spiro atoms. The number of rotatable bonds is 6. The molecule has 1 aliphatic heterocycles. The van der Waals surface area contributed by atoms with Gasteiger partial charge in [-0.1, -0.05) is 30.3 Å². The summed E-state index contributed by atoms with van der Waals surface area (Å²) in [6, 6.07) is 7.61. The molecule has 1 aromatic carbocycles. The Hall–Kier alpha value is -2.81. The number of hydrogen-bond donors (Lipinski definition) is 2. The Morgan fingerprint density at radius 3 is 2.46 bits per heavy atom. The smallest absolute Gasteiger partial charge is 0.408 e. The number of carbonyl (C=O) groups excluding carboxylic acids is 3. The van der Waals surface area contributed by atoms with Crippen molar-refractivity contribution in [2.24, 2.45) is 5.73 Å². The molecule has 3 amide bonds. The van der Waals surface area contributed by atoms with Crippen LogP contribution in [0.2, 0.25) is 0 Å². The number of alkyl carbamates (subject to hydrolysis) is 1. The number of nitrogens with two attached hydrogens (primary N) is 1. The lowest BCUT2D eigenvalue weighted by molar-refractivity contribution is -0.244. The molecule has 1 aliphatic rings. The maximum Gasteiger partial charge on any atom is 0.408 e. The Labute approximate surface area is 151 Å². The molecule has 3 N–H and O–H groups in total. The average Bonchev–Trinajstić information content (AvgIpc) is 2.54. The minimum Gasteiger partial charge on any atom is -0.447 e. The number of ether oxygens (including phenoxy) is 2. The Morgan fingerprint density at radius 2 is 1.88 bits per heavy atom. The molecule has 9 nitrogen and oxygen atoms in total. The third-order valence-electron chi connectivity index (χ3n) is 3.45. The average molecular weight is 365 g/mol. The monoisotopic (exact) mass is 365 g/mol. The van der Waals surface area contributed by atoms with Crippen molar-refractivity contribution in [3.63, 3.8) is 0 Å². The van der Waals surface area contributed by atoms with Gasteiger partial charge >= 0.3 is 12.2 Å². The summed E-state index contributed by atoms with van der Waals surface area (Å²) in [5, 5.41) is 3.53. The number of β-lactam (4-membered cyclic amide) rings is 1. The molecular formula is C17H23N3O6. The van der Waals surface area contributed by atoms with Crippen molar-refractivity contribution in [1.29, 1.82) is 0 Å². The van der Waals surface area contributed by atoms with Gasteiger partial charge in [0.2, 0.25) is 0 Å². The van der Waals surface area contributed by atoms with E-state index in [2.05, 4.69) is 5.32 Å². The highest BCUT2D eigenvalue weighted by atomic mass is 16.7. The molecule has 0 radical (unpaired) electrons. The van der Waals surface area contributed by atoms with Gasteiger partial charge in [-0.25, -0.2) is 14.7 Å². The van der Waals surface area contributed by atoms with Crippen LogP contribution >= 0.6 is 0 Å². The van der Waals surface area contributed by atoms with Crippen LogP contribution in [-0.4, -0.2) is 47.4 Å². The molecule has 0 bridgehead atoms. The van der Waals surface area contributed by atoms with Gasteiger partial charge in [-0.05, 0) is 26.3 Å². The van der Waals surface area contributed by atoms with Crippen molar-refractivity contribution in [3.05, 3.63) is 35.9 Å². The standard InChI is InChI=1S/C17H23N3O6/c1-17(2,3)26-16(23)19-13-12(10-24-15(18)22)20(14(13)21)25-9-11-7-5-4-6-8-11/h4-8,12-13H,9-10H2,1-3H3,(H2,18,22)(H,19,23)/t12-,13+/m1/s1. The van der Waals surface area contributed by atoms with Gasteiger partial charge in [-0.3, -0.25) is 9.63 Å². The van der Waals surface area contributed by atoms with E-state index in [0.29, 0.717) is 0 Å². The Balaban J connectivity index is 1.98. The van der Waals surface area contributed by atoms with Crippen LogP contribution in [0.15, 0.2) is 30.3 Å². The highest BCUT2D eigenvalue weighted by Gasteiger charge is 2.50. The van der Waals surface area contributed by atoms with Crippen molar-refractivity contribution >= 4 is 18.1 Å². The molecule has 2 rings (SSSR count). The highest BCUT2D eigenvalue weighted by molar-refractivity contribution is 5.91. The minimum atomic E-state index is -0.983. The summed E-state index contributed by atoms with van der Waals surface area (Å²) in [7, 11) is 0. The zero-order valence-corrected chi connectivity index (χ0v) is 14.9. The SMILES string of the molecule is CC(C)(C)OC(=O)N[C@@H]1C(=O)N(OCc2ccccc2)[C@@H]1COC(N)=O. The maximum atomic E-state index is 12.3. The van der Waals surface area contributed by atoms with Gasteiger partial charge in [0.1, 0.15) is 30.9 Å². The third-order valence-corrected chi connectivity index (χ3v) is 3.45. The molecule has 2 atom stereocenters. The molecule has 142 valence electrons. The summed E-state index contributed by atoms with van der Waals surface area (Å²) in [6.45, 7) is 5.06. The molecule has 1 fully saturated rings. The van der Waals surface area contributed by atoms with Gasteiger partial charge in [-0.2, -0.15) is 0 Å². The van der Waals surface area contributed by atoms with Crippen LogP contribution in [0, 0.1) is 0 Å². The molecule has 1 aromatic rings. The van der Waals surface area contributed by atoms with Crippen LogP contribution in [0.25, 0.3) is 0 Å². The molecule has 1 heterocycles. The largest absolute Gasteiger partial charge is 0.447 e. The second-order valence-corrected chi connectivity index (χ2v) is 6.74. The first-order valence-corrected chi connectivity index (χ1v) is 8.09. The summed E-state index contributed by atoms with van der Waals surface area (Å²) in [5.74, 6) is -0.468. The number of hydrogen-bond acceptors (Lipinski definition) is 6. The molecular weight excluding hydrogens is 342 g/mol. The quantitative estimate of drug-likeness (QED) is 0.734.